The van der Waals surface area contributed by atoms with Crippen LogP contribution in [-0.4, -0.2) is 24.7 Å². The minimum absolute atomic E-state index is 0.310. The van der Waals surface area contributed by atoms with Crippen molar-refractivity contribution in [3.8, 4) is 0 Å². The molecule has 0 radical (unpaired) electrons. The zero-order valence-electron chi connectivity index (χ0n) is 11.9. The molecule has 0 aliphatic rings. The Bertz CT molecular complexity index is 666. The molecular weight excluding hydrogens is 318 g/mol. The molecule has 0 saturated carbocycles. The van der Waals surface area contributed by atoms with Crippen molar-refractivity contribution in [3.05, 3.63) is 52.7 Å². The quantitative estimate of drug-likeness (QED) is 0.498. The topological polar surface area (TPSA) is 55.4 Å². The highest BCUT2D eigenvalue weighted by Gasteiger charge is 2.08. The molecule has 0 aliphatic carbocycles. The number of carbonyl (C=O) groups excluding carboxylic acids is 2. The van der Waals surface area contributed by atoms with Crippen LogP contribution in [0.3, 0.4) is 0 Å². The largest absolute Gasteiger partial charge is 0.452 e. The summed E-state index contributed by atoms with van der Waals surface area (Å²) in [4.78, 5) is 24.3. The van der Waals surface area contributed by atoms with Crippen molar-refractivity contribution < 1.29 is 14.3 Å². The molecule has 2 aromatic rings. The Kier molecular flexibility index (Phi) is 6.24. The van der Waals surface area contributed by atoms with E-state index < -0.39 is 5.97 Å². The van der Waals surface area contributed by atoms with Crippen molar-refractivity contribution in [2.24, 2.45) is 0 Å². The van der Waals surface area contributed by atoms with Gasteiger partial charge < -0.3 is 10.1 Å². The van der Waals surface area contributed by atoms with Crippen molar-refractivity contribution in [1.82, 2.24) is 0 Å². The van der Waals surface area contributed by atoms with Gasteiger partial charge in [-0.3, -0.25) is 4.79 Å². The molecule has 4 nitrogen and oxygen atoms in total. The molecule has 0 unspecified atom stereocenters. The second kappa shape index (κ2) is 8.41. The number of thioether (sulfide) groups is 1. The highest BCUT2D eigenvalue weighted by molar-refractivity contribution is 7.98. The summed E-state index contributed by atoms with van der Waals surface area (Å²) in [5.41, 5.74) is 1.64. The monoisotopic (exact) mass is 333 g/mol. The number of nitrogens with one attached hydrogen (secondary N) is 1. The first-order valence-corrected chi connectivity index (χ1v) is 8.65. The molecule has 1 aromatic carbocycles. The lowest BCUT2D eigenvalue weighted by Crippen LogP contribution is -2.20. The van der Waals surface area contributed by atoms with Gasteiger partial charge in [-0.05, 0) is 46.9 Å². The lowest BCUT2D eigenvalue weighted by atomic mass is 10.3. The van der Waals surface area contributed by atoms with Crippen molar-refractivity contribution in [1.29, 1.82) is 0 Å². The number of benzene rings is 1. The maximum atomic E-state index is 11.8. The highest BCUT2D eigenvalue weighted by atomic mass is 32.2. The number of amides is 1. The van der Waals surface area contributed by atoms with E-state index in [0.717, 1.165) is 10.5 Å². The van der Waals surface area contributed by atoms with Gasteiger partial charge in [0.15, 0.2) is 6.61 Å². The summed E-state index contributed by atoms with van der Waals surface area (Å²) in [5, 5.41) is 6.56. The van der Waals surface area contributed by atoms with E-state index in [1.807, 2.05) is 47.3 Å². The fourth-order valence-corrected chi connectivity index (χ4v) is 2.84. The normalized spacial score (nSPS) is 10.6. The molecule has 1 aromatic heterocycles. The second-order valence-corrected chi connectivity index (χ2v) is 5.87. The number of ether oxygens (including phenoxy) is 1. The first kappa shape index (κ1) is 16.3. The van der Waals surface area contributed by atoms with Crippen LogP contribution in [0, 0.1) is 0 Å². The van der Waals surface area contributed by atoms with Crippen molar-refractivity contribution in [2.75, 3.05) is 18.2 Å². The van der Waals surface area contributed by atoms with Crippen LogP contribution in [0.4, 0.5) is 5.69 Å². The number of anilines is 1. The van der Waals surface area contributed by atoms with Gasteiger partial charge in [-0.25, -0.2) is 4.79 Å². The molecule has 2 rings (SSSR count). The van der Waals surface area contributed by atoms with Gasteiger partial charge in [-0.15, -0.1) is 11.8 Å². The molecular formula is C16H15NO3S2. The minimum atomic E-state index is -0.542. The zero-order valence-corrected chi connectivity index (χ0v) is 13.6. The Balaban J connectivity index is 1.81. The Hall–Kier alpha value is -2.05. The molecule has 0 saturated heterocycles. The first-order chi connectivity index (χ1) is 10.7. The molecule has 1 heterocycles. The average molecular weight is 333 g/mol. The first-order valence-electron chi connectivity index (χ1n) is 6.49. The van der Waals surface area contributed by atoms with E-state index in [1.165, 1.54) is 17.8 Å². The third-order valence-corrected chi connectivity index (χ3v) is 4.18. The van der Waals surface area contributed by atoms with E-state index >= 15 is 0 Å². The predicted molar refractivity (Wildman–Crippen MR) is 91.2 cm³/mol. The van der Waals surface area contributed by atoms with Crippen LogP contribution < -0.4 is 5.32 Å². The molecule has 0 bridgehead atoms. The average Bonchev–Trinajstić information content (AvgIpc) is 3.05. The molecule has 114 valence electrons. The fraction of sp³-hybridized carbons (Fsp3) is 0.125. The summed E-state index contributed by atoms with van der Waals surface area (Å²) in [7, 11) is 0. The minimum Gasteiger partial charge on any atom is -0.452 e. The van der Waals surface area contributed by atoms with Crippen LogP contribution in [0.5, 0.6) is 0 Å². The van der Waals surface area contributed by atoms with Crippen LogP contribution in [-0.2, 0) is 14.3 Å². The third-order valence-electron chi connectivity index (χ3n) is 2.68. The molecule has 1 amide bonds. The van der Waals surface area contributed by atoms with E-state index in [0.29, 0.717) is 5.69 Å². The Morgan fingerprint density at radius 1 is 1.32 bits per heavy atom. The lowest BCUT2D eigenvalue weighted by molar-refractivity contribution is -0.142. The maximum Gasteiger partial charge on any atom is 0.331 e. The second-order valence-electron chi connectivity index (χ2n) is 4.25. The molecule has 22 heavy (non-hydrogen) atoms. The van der Waals surface area contributed by atoms with Crippen LogP contribution >= 0.6 is 23.1 Å². The van der Waals surface area contributed by atoms with Crippen molar-refractivity contribution >= 4 is 46.7 Å². The van der Waals surface area contributed by atoms with Crippen LogP contribution in [0.25, 0.3) is 6.08 Å². The van der Waals surface area contributed by atoms with Crippen LogP contribution in [0.2, 0.25) is 0 Å². The number of carbonyl (C=O) groups is 2. The van der Waals surface area contributed by atoms with Gasteiger partial charge in [0.25, 0.3) is 5.91 Å². The van der Waals surface area contributed by atoms with Gasteiger partial charge in [-0.1, -0.05) is 12.1 Å². The summed E-state index contributed by atoms with van der Waals surface area (Å²) < 4.78 is 4.91. The summed E-state index contributed by atoms with van der Waals surface area (Å²) in [5.74, 6) is -0.904. The van der Waals surface area contributed by atoms with E-state index in [1.54, 1.807) is 17.4 Å². The van der Waals surface area contributed by atoms with E-state index in [4.69, 9.17) is 4.74 Å². The predicted octanol–water partition coefficient (Wildman–Crippen LogP) is 3.67. The highest BCUT2D eigenvalue weighted by Crippen LogP contribution is 2.24. The summed E-state index contributed by atoms with van der Waals surface area (Å²) in [6.07, 6.45) is 4.89. The fourth-order valence-electron chi connectivity index (χ4n) is 1.65. The van der Waals surface area contributed by atoms with Crippen LogP contribution in [0.15, 0.2) is 52.1 Å². The van der Waals surface area contributed by atoms with E-state index in [2.05, 4.69) is 5.32 Å². The molecule has 0 aliphatic heterocycles. The van der Waals surface area contributed by atoms with Gasteiger partial charge >= 0.3 is 5.97 Å². The Labute approximate surface area is 137 Å². The van der Waals surface area contributed by atoms with Gasteiger partial charge in [-0.2, -0.15) is 11.3 Å². The summed E-state index contributed by atoms with van der Waals surface area (Å²) in [6, 6.07) is 9.35. The van der Waals surface area contributed by atoms with Crippen molar-refractivity contribution in [2.45, 2.75) is 4.90 Å². The summed E-state index contributed by atoms with van der Waals surface area (Å²) in [6.45, 7) is -0.310. The lowest BCUT2D eigenvalue weighted by Gasteiger charge is -2.08. The number of thiophene rings is 1. The third kappa shape index (κ3) is 5.05. The molecule has 1 N–H and O–H groups in total. The standard InChI is InChI=1S/C16H15NO3S2/c1-21-14-5-3-2-4-13(14)17-15(18)10-20-16(19)7-6-12-8-9-22-11-12/h2-9,11H,10H2,1H3,(H,17,18)/b7-6+. The molecule has 0 spiro atoms. The van der Waals surface area contributed by atoms with Crippen LogP contribution in [0.1, 0.15) is 5.56 Å². The van der Waals surface area contributed by atoms with Gasteiger partial charge in [0.2, 0.25) is 0 Å². The molecule has 0 atom stereocenters. The number of esters is 1. The number of para-hydroxylation sites is 1. The van der Waals surface area contributed by atoms with E-state index in [-0.39, 0.29) is 12.5 Å². The summed E-state index contributed by atoms with van der Waals surface area (Å²) >= 11 is 3.08. The SMILES string of the molecule is CSc1ccccc1NC(=O)COC(=O)/C=C/c1ccsc1. The number of hydrogen-bond acceptors (Lipinski definition) is 5. The zero-order chi connectivity index (χ0) is 15.8. The smallest absolute Gasteiger partial charge is 0.331 e. The Morgan fingerprint density at radius 3 is 2.86 bits per heavy atom. The van der Waals surface area contributed by atoms with E-state index in [9.17, 15) is 9.59 Å². The molecule has 0 fully saturated rings. The van der Waals surface area contributed by atoms with Gasteiger partial charge in [0.05, 0.1) is 5.69 Å². The maximum absolute atomic E-state index is 11.8. The Morgan fingerprint density at radius 2 is 2.14 bits per heavy atom. The number of hydrogen-bond donors (Lipinski definition) is 1. The molecule has 6 heteroatoms. The van der Waals surface area contributed by atoms with Crippen molar-refractivity contribution in [3.63, 3.8) is 0 Å². The van der Waals surface area contributed by atoms with Gasteiger partial charge in [0.1, 0.15) is 0 Å². The van der Waals surface area contributed by atoms with Gasteiger partial charge in [0, 0.05) is 11.0 Å². The number of rotatable bonds is 6.